The number of aromatic nitrogens is 1. The maximum Gasteiger partial charge on any atom is 0.408 e. The van der Waals surface area contributed by atoms with E-state index in [4.69, 9.17) is 9.47 Å². The zero-order valence-electron chi connectivity index (χ0n) is 30.4. The number of esters is 1. The lowest BCUT2D eigenvalue weighted by Gasteiger charge is -2.26. The van der Waals surface area contributed by atoms with Gasteiger partial charge in [0.15, 0.2) is 0 Å². The molecule has 280 valence electrons. The Labute approximate surface area is 313 Å². The van der Waals surface area contributed by atoms with Gasteiger partial charge in [0, 0.05) is 30.8 Å². The van der Waals surface area contributed by atoms with Crippen molar-refractivity contribution in [2.75, 3.05) is 0 Å². The van der Waals surface area contributed by atoms with Crippen molar-refractivity contribution in [2.45, 2.75) is 70.4 Å². The van der Waals surface area contributed by atoms with E-state index in [1.54, 1.807) is 63.4 Å². The Hall–Kier alpha value is -6.43. The fourth-order valence-corrected chi connectivity index (χ4v) is 5.90. The molecule has 12 nitrogen and oxygen atoms in total. The predicted octanol–water partition coefficient (Wildman–Crippen LogP) is 5.02. The topological polar surface area (TPSA) is 165 Å². The van der Waals surface area contributed by atoms with E-state index in [1.807, 2.05) is 60.7 Å². The van der Waals surface area contributed by atoms with Crippen LogP contribution in [0.5, 0.6) is 5.75 Å². The summed E-state index contributed by atoms with van der Waals surface area (Å²) in [5.41, 5.74) is 2.48. The van der Waals surface area contributed by atoms with E-state index in [9.17, 15) is 29.1 Å². The second-order valence-corrected chi connectivity index (χ2v) is 13.9. The normalized spacial score (nSPS) is 12.9. The Morgan fingerprint density at radius 2 is 1.22 bits per heavy atom. The number of para-hydroxylation sites is 1. The Morgan fingerprint density at radius 1 is 0.685 bits per heavy atom. The van der Waals surface area contributed by atoms with Crippen molar-refractivity contribution < 1.29 is 38.6 Å². The Kier molecular flexibility index (Phi) is 12.8. The van der Waals surface area contributed by atoms with Gasteiger partial charge in [0.1, 0.15) is 36.1 Å². The zero-order chi connectivity index (χ0) is 38.7. The maximum absolute atomic E-state index is 14.4. The summed E-state index contributed by atoms with van der Waals surface area (Å²) in [4.78, 5) is 67.0. The van der Waals surface area contributed by atoms with Crippen molar-refractivity contribution >= 4 is 41.2 Å². The number of ether oxygens (including phenoxy) is 2. The molecule has 3 atom stereocenters. The van der Waals surface area contributed by atoms with Gasteiger partial charge in [-0.2, -0.15) is 0 Å². The minimum absolute atomic E-state index is 0.00735. The van der Waals surface area contributed by atoms with Gasteiger partial charge in [0.2, 0.25) is 18.2 Å². The first kappa shape index (κ1) is 38.8. The molecule has 5 rings (SSSR count). The van der Waals surface area contributed by atoms with Gasteiger partial charge in [-0.1, -0.05) is 91.0 Å². The third kappa shape index (κ3) is 11.0. The minimum Gasteiger partial charge on any atom is -0.508 e. The second kappa shape index (κ2) is 17.9. The largest absolute Gasteiger partial charge is 0.508 e. The summed E-state index contributed by atoms with van der Waals surface area (Å²) >= 11 is 0. The molecule has 5 aromatic rings. The van der Waals surface area contributed by atoms with Gasteiger partial charge in [0.25, 0.3) is 0 Å². The van der Waals surface area contributed by atoms with Crippen LogP contribution in [0.15, 0.2) is 115 Å². The Morgan fingerprint density at radius 3 is 1.85 bits per heavy atom. The molecule has 0 bridgehead atoms. The highest BCUT2D eigenvalue weighted by Crippen LogP contribution is 2.22. The highest BCUT2D eigenvalue weighted by molar-refractivity contribution is 5.95. The average Bonchev–Trinajstić information content (AvgIpc) is 3.51. The van der Waals surface area contributed by atoms with Crippen LogP contribution >= 0.6 is 0 Å². The van der Waals surface area contributed by atoms with Crippen LogP contribution in [0.4, 0.5) is 4.79 Å². The highest BCUT2D eigenvalue weighted by Gasteiger charge is 2.32. The van der Waals surface area contributed by atoms with Gasteiger partial charge in [-0.15, -0.1) is 0 Å². The van der Waals surface area contributed by atoms with Gasteiger partial charge in [-0.05, 0) is 61.2 Å². The van der Waals surface area contributed by atoms with E-state index < -0.39 is 47.6 Å². The molecule has 54 heavy (non-hydrogen) atoms. The molecule has 1 heterocycles. The molecule has 0 aliphatic heterocycles. The molecule has 0 radical (unpaired) electrons. The van der Waals surface area contributed by atoms with Crippen molar-refractivity contribution in [3.8, 4) is 5.75 Å². The molecule has 4 aromatic carbocycles. The van der Waals surface area contributed by atoms with Crippen LogP contribution in [0.2, 0.25) is 0 Å². The van der Waals surface area contributed by atoms with Crippen molar-refractivity contribution in [2.24, 2.45) is 0 Å². The van der Waals surface area contributed by atoms with Crippen molar-refractivity contribution in [3.05, 3.63) is 138 Å². The third-order valence-corrected chi connectivity index (χ3v) is 8.48. The number of nitrogens with one attached hydrogen (secondary N) is 3. The van der Waals surface area contributed by atoms with Crippen molar-refractivity contribution in [1.29, 1.82) is 0 Å². The molecular weight excluding hydrogens is 688 g/mol. The number of amides is 3. The second-order valence-electron chi connectivity index (χ2n) is 13.9. The van der Waals surface area contributed by atoms with Gasteiger partial charge >= 0.3 is 12.1 Å². The number of carbonyl (C=O) groups is 5. The molecule has 3 amide bonds. The van der Waals surface area contributed by atoms with Crippen molar-refractivity contribution in [1.82, 2.24) is 20.5 Å². The van der Waals surface area contributed by atoms with Crippen molar-refractivity contribution in [3.63, 3.8) is 0 Å². The van der Waals surface area contributed by atoms with Gasteiger partial charge in [-0.3, -0.25) is 19.0 Å². The predicted molar refractivity (Wildman–Crippen MR) is 203 cm³/mol. The number of phenols is 1. The third-order valence-electron chi connectivity index (χ3n) is 8.48. The molecule has 0 unspecified atom stereocenters. The number of phenolic OH excluding ortho intramolecular Hbond substituents is 1. The smallest absolute Gasteiger partial charge is 0.408 e. The number of benzene rings is 4. The number of rotatable bonds is 15. The number of hydrogen-bond donors (Lipinski definition) is 4. The lowest BCUT2D eigenvalue weighted by molar-refractivity contribution is -0.149. The Bertz CT molecular complexity index is 2060. The van der Waals surface area contributed by atoms with Crippen LogP contribution in [-0.2, 0) is 54.5 Å². The van der Waals surface area contributed by atoms with Crippen LogP contribution < -0.4 is 16.0 Å². The van der Waals surface area contributed by atoms with E-state index in [1.165, 1.54) is 16.7 Å². The fourth-order valence-electron chi connectivity index (χ4n) is 5.90. The number of carbonyl (C=O) groups excluding carboxylic acids is 5. The first-order valence-corrected chi connectivity index (χ1v) is 17.5. The number of nitrogens with zero attached hydrogens (tertiary/aromatic N) is 1. The lowest BCUT2D eigenvalue weighted by atomic mass is 10.0. The number of aromatic hydroxyl groups is 1. The average molecular weight is 733 g/mol. The van der Waals surface area contributed by atoms with Gasteiger partial charge in [0.05, 0.1) is 5.52 Å². The van der Waals surface area contributed by atoms with Crippen LogP contribution in [0, 0.1) is 0 Å². The summed E-state index contributed by atoms with van der Waals surface area (Å²) in [6, 6.07) is 27.9. The summed E-state index contributed by atoms with van der Waals surface area (Å²) in [5, 5.41) is 18.7. The SMILES string of the molecule is CC(C)(C)OC(=O)N[C@@H](Cc1ccc(O)cc1)C(=O)N[C@H](Cc1cn(C=O)c2ccccc12)C(=O)N[C@@H](Cc1ccccc1)C(=O)OCc1ccccc1. The minimum atomic E-state index is -1.29. The lowest BCUT2D eigenvalue weighted by Crippen LogP contribution is -2.57. The van der Waals surface area contributed by atoms with Gasteiger partial charge in [-0.25, -0.2) is 9.59 Å². The van der Waals surface area contributed by atoms with E-state index in [0.717, 1.165) is 11.1 Å². The molecule has 12 heteroatoms. The van der Waals surface area contributed by atoms with Crippen LogP contribution in [-0.4, -0.2) is 63.7 Å². The molecule has 0 saturated carbocycles. The maximum atomic E-state index is 14.4. The molecular formula is C42H44N4O8. The monoisotopic (exact) mass is 732 g/mol. The molecule has 0 aliphatic carbocycles. The standard InChI is InChI=1S/C42H44N4O8/c1-42(2,3)54-41(52)45-34(22-29-18-20-32(48)21-19-29)38(49)43-35(24-31-25-46(27-47)37-17-11-10-16-33(31)37)39(50)44-36(23-28-12-6-4-7-13-28)40(51)53-26-30-14-8-5-9-15-30/h4-21,25,27,34-36,48H,22-24,26H2,1-3H3,(H,43,49)(H,44,50)(H,45,52)/t34-,35+,36-/m0/s1. The van der Waals surface area contributed by atoms with Crippen LogP contribution in [0.25, 0.3) is 10.9 Å². The summed E-state index contributed by atoms with van der Waals surface area (Å²) in [6.07, 6.45) is 1.42. The zero-order valence-corrected chi connectivity index (χ0v) is 30.4. The fraction of sp³-hybridized carbons (Fsp3) is 0.262. The molecule has 4 N–H and O–H groups in total. The first-order valence-electron chi connectivity index (χ1n) is 17.5. The highest BCUT2D eigenvalue weighted by atomic mass is 16.6. The van der Waals surface area contributed by atoms with Crippen LogP contribution in [0.3, 0.4) is 0 Å². The van der Waals surface area contributed by atoms with E-state index in [-0.39, 0.29) is 31.6 Å². The van der Waals surface area contributed by atoms with E-state index in [2.05, 4.69) is 16.0 Å². The van der Waals surface area contributed by atoms with E-state index >= 15 is 0 Å². The molecule has 1 aromatic heterocycles. The summed E-state index contributed by atoms with van der Waals surface area (Å²) < 4.78 is 12.5. The Balaban J connectivity index is 1.46. The first-order chi connectivity index (χ1) is 25.9. The van der Waals surface area contributed by atoms with Crippen LogP contribution in [0.1, 0.15) is 43.0 Å². The molecule has 0 fully saturated rings. The molecule has 0 spiro atoms. The summed E-state index contributed by atoms with van der Waals surface area (Å²) in [5.74, 6) is -2.04. The molecule has 0 aliphatic rings. The summed E-state index contributed by atoms with van der Waals surface area (Å²) in [6.45, 7) is 5.05. The quantitative estimate of drug-likeness (QED) is 0.0861. The number of fused-ring (bicyclic) bond motifs is 1. The van der Waals surface area contributed by atoms with Gasteiger partial charge < -0.3 is 30.5 Å². The number of alkyl carbamates (subject to hydrolysis) is 1. The summed E-state index contributed by atoms with van der Waals surface area (Å²) in [7, 11) is 0. The molecule has 0 saturated heterocycles. The number of hydrogen-bond acceptors (Lipinski definition) is 8. The van der Waals surface area contributed by atoms with E-state index in [0.29, 0.717) is 28.4 Å².